The molecule has 0 aromatic heterocycles. The van der Waals surface area contributed by atoms with E-state index in [1.165, 1.54) is 6.92 Å². The highest BCUT2D eigenvalue weighted by Gasteiger charge is 2.70. The first-order valence-corrected chi connectivity index (χ1v) is 11.4. The zero-order chi connectivity index (χ0) is 21.4. The number of Topliss-reactive ketones (excluding diaryl/α,β-unsaturated/α-hetero) is 1. The second-order valence-corrected chi connectivity index (χ2v) is 11.7. The molecule has 2 aliphatic heterocycles. The van der Waals surface area contributed by atoms with Gasteiger partial charge >= 0.3 is 0 Å². The molecule has 2 heterocycles. The monoisotopic (exact) mass is 419 g/mol. The van der Waals surface area contributed by atoms with E-state index in [0.717, 1.165) is 5.56 Å². The van der Waals surface area contributed by atoms with Gasteiger partial charge < -0.3 is 4.74 Å². The van der Waals surface area contributed by atoms with Gasteiger partial charge in [-0.25, -0.2) is 8.42 Å². The van der Waals surface area contributed by atoms with E-state index in [1.54, 1.807) is 0 Å². The Hall–Kier alpha value is -2.22. The van der Waals surface area contributed by atoms with Crippen LogP contribution in [0, 0.1) is 22.5 Å². The summed E-state index contributed by atoms with van der Waals surface area (Å²) >= 11 is 0. The van der Waals surface area contributed by atoms with Gasteiger partial charge in [-0.2, -0.15) is 0 Å². The number of hydrogen-bond acceptors (Lipinski definition) is 6. The second-order valence-electron chi connectivity index (χ2n) is 9.50. The molecule has 156 valence electrons. The fraction of sp³-hybridized carbons (Fsp3) is 0.571. The summed E-state index contributed by atoms with van der Waals surface area (Å²) in [5, 5.41) is 10.6. The highest BCUT2D eigenvalue weighted by molar-refractivity contribution is 7.92. The maximum atomic E-state index is 13.2. The van der Waals surface area contributed by atoms with Gasteiger partial charge in [0.15, 0.2) is 21.2 Å². The highest BCUT2D eigenvalue weighted by Crippen LogP contribution is 2.55. The number of carbonyl (C=O) groups is 1. The van der Waals surface area contributed by atoms with E-state index < -0.39 is 43.3 Å². The molecular weight excluding hydrogens is 394 g/mol. The number of fused-ring (bicyclic) bond motifs is 1. The molecule has 1 aliphatic carbocycles. The van der Waals surface area contributed by atoms with E-state index >= 15 is 0 Å². The topological polar surface area (TPSA) is 104 Å². The molecule has 4 rings (SSSR count). The third-order valence-electron chi connectivity index (χ3n) is 6.53. The van der Waals surface area contributed by atoms with Gasteiger partial charge in [0.05, 0.1) is 0 Å². The minimum atomic E-state index is -3.86. The number of hydrogen-bond donors (Lipinski definition) is 0. The van der Waals surface area contributed by atoms with Gasteiger partial charge in [0.1, 0.15) is 16.8 Å². The van der Waals surface area contributed by atoms with Crippen molar-refractivity contribution in [3.63, 3.8) is 0 Å². The quantitative estimate of drug-likeness (QED) is 0.539. The second kappa shape index (κ2) is 6.14. The number of ether oxygens (including phenoxy) is 1. The van der Waals surface area contributed by atoms with Crippen LogP contribution >= 0.6 is 0 Å². The van der Waals surface area contributed by atoms with Crippen molar-refractivity contribution >= 4 is 15.6 Å². The maximum absolute atomic E-state index is 13.2. The van der Waals surface area contributed by atoms with Crippen LogP contribution in [0.1, 0.15) is 50.7 Å². The van der Waals surface area contributed by atoms with Crippen molar-refractivity contribution in [2.45, 2.75) is 63.3 Å². The van der Waals surface area contributed by atoms with Crippen LogP contribution < -0.4 is 0 Å². The predicted molar refractivity (Wildman–Crippen MR) is 107 cm³/mol. The minimum absolute atomic E-state index is 0.136. The number of aryl methyl sites for hydroxylation is 1. The molecule has 0 N–H and O–H groups in total. The number of benzene rings is 1. The summed E-state index contributed by atoms with van der Waals surface area (Å²) in [6, 6.07) is 5.99. The molecule has 0 bridgehead atoms. The van der Waals surface area contributed by atoms with Crippen molar-refractivity contribution in [3.05, 3.63) is 56.8 Å². The average Bonchev–Trinajstić information content (AvgIpc) is 2.79. The lowest BCUT2D eigenvalue weighted by atomic mass is 9.68. The number of nitrogens with zero attached hydrogens (tertiary/aromatic N) is 1. The lowest BCUT2D eigenvalue weighted by Crippen LogP contribution is -2.56. The van der Waals surface area contributed by atoms with E-state index in [-0.39, 0.29) is 11.2 Å². The van der Waals surface area contributed by atoms with Crippen molar-refractivity contribution in [3.8, 4) is 0 Å². The molecule has 1 saturated heterocycles. The number of sulfone groups is 1. The van der Waals surface area contributed by atoms with Gasteiger partial charge in [-0.1, -0.05) is 43.7 Å². The van der Waals surface area contributed by atoms with E-state index in [9.17, 15) is 23.3 Å². The molecule has 0 radical (unpaired) electrons. The van der Waals surface area contributed by atoms with Gasteiger partial charge in [-0.05, 0) is 24.8 Å². The summed E-state index contributed by atoms with van der Waals surface area (Å²) < 4.78 is 32.4. The normalized spacial score (nSPS) is 34.9. The van der Waals surface area contributed by atoms with Crippen LogP contribution in [0.5, 0.6) is 0 Å². The molecule has 1 aromatic carbocycles. The molecule has 0 saturated carbocycles. The zero-order valence-corrected chi connectivity index (χ0v) is 17.8. The molecule has 29 heavy (non-hydrogen) atoms. The van der Waals surface area contributed by atoms with Crippen molar-refractivity contribution in [2.24, 2.45) is 5.41 Å². The molecule has 0 unspecified atom stereocenters. The molecule has 4 atom stereocenters. The van der Waals surface area contributed by atoms with Crippen LogP contribution in [0.2, 0.25) is 0 Å². The van der Waals surface area contributed by atoms with E-state index in [1.807, 2.05) is 45.0 Å². The molecule has 0 spiro atoms. The van der Waals surface area contributed by atoms with Crippen molar-refractivity contribution in [1.82, 2.24) is 0 Å². The molecule has 1 fully saturated rings. The van der Waals surface area contributed by atoms with Crippen LogP contribution in [-0.2, 0) is 19.4 Å². The fourth-order valence-corrected chi connectivity index (χ4v) is 7.94. The summed E-state index contributed by atoms with van der Waals surface area (Å²) in [6.07, 6.45) is 0.739. The predicted octanol–water partition coefficient (Wildman–Crippen LogP) is 2.95. The number of ketones is 1. The summed E-state index contributed by atoms with van der Waals surface area (Å²) in [7, 11) is -3.86. The smallest absolute Gasteiger partial charge is 0.266 e. The molecule has 3 aliphatic rings. The first-order valence-electron chi connectivity index (χ1n) is 9.73. The molecule has 8 heteroatoms. The van der Waals surface area contributed by atoms with E-state index in [2.05, 4.69) is 0 Å². The summed E-state index contributed by atoms with van der Waals surface area (Å²) in [4.78, 5) is 24.4. The van der Waals surface area contributed by atoms with Crippen molar-refractivity contribution in [2.75, 3.05) is 5.75 Å². The SMILES string of the molecule is Cc1ccc([C@@H]2C3=C(CC(C)(C)CC3=O)O[C@]3(C)[C@H]([N+](=O)[O-])CS(=O)(=O)[C@@H]23)cc1. The number of nitro groups is 1. The van der Waals surface area contributed by atoms with Gasteiger partial charge in [0, 0.05) is 29.3 Å². The average molecular weight is 419 g/mol. The van der Waals surface area contributed by atoms with Crippen LogP contribution in [0.15, 0.2) is 35.6 Å². The molecule has 7 nitrogen and oxygen atoms in total. The Labute approximate surface area is 170 Å². The van der Waals surface area contributed by atoms with Crippen LogP contribution in [0.25, 0.3) is 0 Å². The Balaban J connectivity index is 1.99. The Bertz CT molecular complexity index is 1040. The molecular formula is C21H25NO6S. The van der Waals surface area contributed by atoms with E-state index in [4.69, 9.17) is 4.74 Å². The summed E-state index contributed by atoms with van der Waals surface area (Å²) in [6.45, 7) is 7.34. The summed E-state index contributed by atoms with van der Waals surface area (Å²) in [5.74, 6) is -1.06. The Morgan fingerprint density at radius 2 is 1.76 bits per heavy atom. The molecule has 1 aromatic rings. The van der Waals surface area contributed by atoms with E-state index in [0.29, 0.717) is 29.7 Å². The summed E-state index contributed by atoms with van der Waals surface area (Å²) in [5.41, 5.74) is 0.195. The van der Waals surface area contributed by atoms with Gasteiger partial charge in [0.2, 0.25) is 0 Å². The third-order valence-corrected chi connectivity index (χ3v) is 8.82. The van der Waals surface area contributed by atoms with Crippen LogP contribution in [0.4, 0.5) is 0 Å². The lowest BCUT2D eigenvalue weighted by molar-refractivity contribution is -0.537. The first-order chi connectivity index (χ1) is 13.4. The number of carbonyl (C=O) groups excluding carboxylic acids is 1. The lowest BCUT2D eigenvalue weighted by Gasteiger charge is -2.46. The van der Waals surface area contributed by atoms with Gasteiger partial charge in [-0.15, -0.1) is 0 Å². The highest BCUT2D eigenvalue weighted by atomic mass is 32.2. The Kier molecular flexibility index (Phi) is 4.25. The maximum Gasteiger partial charge on any atom is 0.266 e. The Morgan fingerprint density at radius 3 is 2.34 bits per heavy atom. The van der Waals surface area contributed by atoms with Gasteiger partial charge in [-0.3, -0.25) is 14.9 Å². The largest absolute Gasteiger partial charge is 0.483 e. The van der Waals surface area contributed by atoms with Crippen molar-refractivity contribution in [1.29, 1.82) is 0 Å². The zero-order valence-electron chi connectivity index (χ0n) is 17.0. The van der Waals surface area contributed by atoms with Crippen molar-refractivity contribution < 1.29 is 22.9 Å². The van der Waals surface area contributed by atoms with Crippen LogP contribution in [-0.4, -0.2) is 41.8 Å². The number of allylic oxidation sites excluding steroid dienone is 2. The Morgan fingerprint density at radius 1 is 1.14 bits per heavy atom. The first kappa shape index (κ1) is 20.1. The molecule has 0 amide bonds. The fourth-order valence-electron chi connectivity index (χ4n) is 5.22. The van der Waals surface area contributed by atoms with Gasteiger partial charge in [0.25, 0.3) is 6.04 Å². The standard InChI is InChI=1S/C21H25NO6S/c1-12-5-7-13(8-6-12)17-18-14(23)9-20(2,3)10-15(18)28-21(4)16(22(24)25)11-29(26,27)19(17)21/h5-8,16-17,19H,9-11H2,1-4H3/t16-,17-,19+,21-/m1/s1. The number of rotatable bonds is 2. The van der Waals surface area contributed by atoms with Crippen LogP contribution in [0.3, 0.4) is 0 Å². The third kappa shape index (κ3) is 2.99. The minimum Gasteiger partial charge on any atom is -0.483 e.